The number of aliphatic hydroxyl groups is 1. The zero-order valence-electron chi connectivity index (χ0n) is 7.90. The summed E-state index contributed by atoms with van der Waals surface area (Å²) in [5, 5.41) is 12.3. The van der Waals surface area contributed by atoms with Gasteiger partial charge in [-0.2, -0.15) is 0 Å². The fourth-order valence-corrected chi connectivity index (χ4v) is 1.48. The number of aldehydes is 1. The Labute approximate surface area is 91.5 Å². The van der Waals surface area contributed by atoms with E-state index in [0.717, 1.165) is 12.8 Å². The molecule has 2 N–H and O–H groups in total. The van der Waals surface area contributed by atoms with Crippen molar-refractivity contribution in [1.29, 1.82) is 0 Å². The van der Waals surface area contributed by atoms with Crippen molar-refractivity contribution < 1.29 is 9.90 Å². The van der Waals surface area contributed by atoms with Gasteiger partial charge in [0, 0.05) is 0 Å². The number of aromatic nitrogens is 2. The molecule has 1 aromatic heterocycles. The van der Waals surface area contributed by atoms with Crippen LogP contribution in [0.25, 0.3) is 0 Å². The lowest BCUT2D eigenvalue weighted by Crippen LogP contribution is -2.27. The quantitative estimate of drug-likeness (QED) is 0.590. The van der Waals surface area contributed by atoms with Crippen molar-refractivity contribution in [3.63, 3.8) is 0 Å². The van der Waals surface area contributed by atoms with Crippen LogP contribution in [0.4, 0.5) is 5.82 Å². The second-order valence-electron chi connectivity index (χ2n) is 3.61. The SMILES string of the molecule is O=Cc1c(Cl)ncnc1NC1(CO)CC1. The smallest absolute Gasteiger partial charge is 0.156 e. The van der Waals surface area contributed by atoms with Gasteiger partial charge in [-0.15, -0.1) is 0 Å². The zero-order valence-corrected chi connectivity index (χ0v) is 8.66. The summed E-state index contributed by atoms with van der Waals surface area (Å²) in [4.78, 5) is 18.4. The van der Waals surface area contributed by atoms with Crippen LogP contribution in [0.3, 0.4) is 0 Å². The van der Waals surface area contributed by atoms with Crippen molar-refractivity contribution in [2.75, 3.05) is 11.9 Å². The van der Waals surface area contributed by atoms with Crippen LogP contribution in [-0.2, 0) is 0 Å². The third-order valence-electron chi connectivity index (χ3n) is 2.49. The van der Waals surface area contributed by atoms with E-state index in [1.54, 1.807) is 0 Å². The lowest BCUT2D eigenvalue weighted by Gasteiger charge is -2.15. The summed E-state index contributed by atoms with van der Waals surface area (Å²) < 4.78 is 0. The standard InChI is InChI=1S/C9H10ClN3O2/c10-7-6(3-14)8(12-5-11-7)13-9(4-15)1-2-9/h3,5,15H,1-2,4H2,(H,11,12,13). The predicted molar refractivity (Wildman–Crippen MR) is 55.1 cm³/mol. The van der Waals surface area contributed by atoms with Crippen LogP contribution in [0.15, 0.2) is 6.33 Å². The summed E-state index contributed by atoms with van der Waals surface area (Å²) in [5.41, 5.74) is -0.0889. The first-order chi connectivity index (χ1) is 7.21. The minimum Gasteiger partial charge on any atom is -0.394 e. The molecule has 0 bridgehead atoms. The number of carbonyl (C=O) groups excluding carboxylic acids is 1. The van der Waals surface area contributed by atoms with Crippen LogP contribution in [0.2, 0.25) is 5.15 Å². The van der Waals surface area contributed by atoms with E-state index in [1.807, 2.05) is 0 Å². The van der Waals surface area contributed by atoms with Gasteiger partial charge in [-0.05, 0) is 12.8 Å². The van der Waals surface area contributed by atoms with E-state index in [9.17, 15) is 4.79 Å². The Morgan fingerprint density at radius 2 is 2.33 bits per heavy atom. The second kappa shape index (κ2) is 3.75. The molecule has 0 unspecified atom stereocenters. The van der Waals surface area contributed by atoms with Crippen molar-refractivity contribution in [1.82, 2.24) is 9.97 Å². The molecule has 0 aromatic carbocycles. The highest BCUT2D eigenvalue weighted by atomic mass is 35.5. The van der Waals surface area contributed by atoms with Crippen LogP contribution in [-0.4, -0.2) is 33.5 Å². The summed E-state index contributed by atoms with van der Waals surface area (Å²) in [7, 11) is 0. The molecule has 0 amide bonds. The van der Waals surface area contributed by atoms with Gasteiger partial charge in [0.15, 0.2) is 6.29 Å². The van der Waals surface area contributed by atoms with Crippen molar-refractivity contribution >= 4 is 23.7 Å². The molecule has 15 heavy (non-hydrogen) atoms. The molecule has 6 heteroatoms. The van der Waals surface area contributed by atoms with Gasteiger partial charge >= 0.3 is 0 Å². The van der Waals surface area contributed by atoms with Gasteiger partial charge in [0.05, 0.1) is 17.7 Å². The number of aliphatic hydroxyl groups excluding tert-OH is 1. The fraction of sp³-hybridized carbons (Fsp3) is 0.444. The van der Waals surface area contributed by atoms with E-state index in [0.29, 0.717) is 12.1 Å². The van der Waals surface area contributed by atoms with Gasteiger partial charge in [-0.25, -0.2) is 9.97 Å². The number of hydrogen-bond donors (Lipinski definition) is 2. The van der Waals surface area contributed by atoms with E-state index in [2.05, 4.69) is 15.3 Å². The summed E-state index contributed by atoms with van der Waals surface area (Å²) in [6.07, 6.45) is 3.62. The number of carbonyl (C=O) groups is 1. The molecule has 1 fully saturated rings. The number of rotatable bonds is 4. The second-order valence-corrected chi connectivity index (χ2v) is 3.97. The van der Waals surface area contributed by atoms with Crippen LogP contribution < -0.4 is 5.32 Å². The molecule has 1 aliphatic rings. The first-order valence-electron chi connectivity index (χ1n) is 4.55. The van der Waals surface area contributed by atoms with Crippen molar-refractivity contribution in [3.8, 4) is 0 Å². The van der Waals surface area contributed by atoms with E-state index in [-0.39, 0.29) is 22.9 Å². The number of hydrogen-bond acceptors (Lipinski definition) is 5. The third-order valence-corrected chi connectivity index (χ3v) is 2.79. The summed E-state index contributed by atoms with van der Waals surface area (Å²) >= 11 is 5.74. The van der Waals surface area contributed by atoms with Gasteiger partial charge in [-0.3, -0.25) is 4.79 Å². The number of anilines is 1. The van der Waals surface area contributed by atoms with Crippen LogP contribution in [0.5, 0.6) is 0 Å². The Morgan fingerprint density at radius 3 is 2.87 bits per heavy atom. The highest BCUT2D eigenvalue weighted by Crippen LogP contribution is 2.38. The Balaban J connectivity index is 2.28. The van der Waals surface area contributed by atoms with Crippen LogP contribution in [0, 0.1) is 0 Å². The first-order valence-corrected chi connectivity index (χ1v) is 4.93. The maximum atomic E-state index is 10.8. The average molecular weight is 228 g/mol. The lowest BCUT2D eigenvalue weighted by molar-refractivity contribution is 0.112. The molecule has 5 nitrogen and oxygen atoms in total. The monoisotopic (exact) mass is 227 g/mol. The molecule has 1 aliphatic carbocycles. The van der Waals surface area contributed by atoms with Gasteiger partial charge in [0.2, 0.25) is 0 Å². The maximum absolute atomic E-state index is 10.8. The molecule has 2 rings (SSSR count). The minimum atomic E-state index is -0.324. The molecule has 0 radical (unpaired) electrons. The van der Waals surface area contributed by atoms with Gasteiger partial charge in [0.25, 0.3) is 0 Å². The molecule has 0 aliphatic heterocycles. The predicted octanol–water partition coefficient (Wildman–Crippen LogP) is 0.879. The van der Waals surface area contributed by atoms with Gasteiger partial charge < -0.3 is 10.4 Å². The van der Waals surface area contributed by atoms with E-state index >= 15 is 0 Å². The molecule has 1 saturated carbocycles. The molecule has 0 saturated heterocycles. The molecule has 0 spiro atoms. The topological polar surface area (TPSA) is 75.1 Å². The molecular formula is C9H10ClN3O2. The van der Waals surface area contributed by atoms with Crippen LogP contribution in [0.1, 0.15) is 23.2 Å². The number of halogens is 1. The Hall–Kier alpha value is -1.20. The Morgan fingerprint density at radius 1 is 1.60 bits per heavy atom. The molecule has 80 valence electrons. The zero-order chi connectivity index (χ0) is 10.9. The van der Waals surface area contributed by atoms with Crippen molar-refractivity contribution in [3.05, 3.63) is 17.0 Å². The van der Waals surface area contributed by atoms with Gasteiger partial charge in [-0.1, -0.05) is 11.6 Å². The number of nitrogens with one attached hydrogen (secondary N) is 1. The first kappa shape index (κ1) is 10.3. The third kappa shape index (κ3) is 1.93. The minimum absolute atomic E-state index is 0.0208. The highest BCUT2D eigenvalue weighted by Gasteiger charge is 2.42. The van der Waals surface area contributed by atoms with Gasteiger partial charge in [0.1, 0.15) is 17.3 Å². The van der Waals surface area contributed by atoms with E-state index < -0.39 is 0 Å². The fourth-order valence-electron chi connectivity index (χ4n) is 1.30. The summed E-state index contributed by atoms with van der Waals surface area (Å²) in [6.45, 7) is 0.0208. The largest absolute Gasteiger partial charge is 0.394 e. The maximum Gasteiger partial charge on any atom is 0.156 e. The molecular weight excluding hydrogens is 218 g/mol. The van der Waals surface area contributed by atoms with E-state index in [4.69, 9.17) is 16.7 Å². The highest BCUT2D eigenvalue weighted by molar-refractivity contribution is 6.32. The molecule has 1 heterocycles. The average Bonchev–Trinajstić information content (AvgIpc) is 2.99. The summed E-state index contributed by atoms with van der Waals surface area (Å²) in [6, 6.07) is 0. The van der Waals surface area contributed by atoms with Crippen LogP contribution >= 0.6 is 11.6 Å². The molecule has 0 atom stereocenters. The summed E-state index contributed by atoms with van der Waals surface area (Å²) in [5.74, 6) is 0.386. The lowest BCUT2D eigenvalue weighted by atomic mass is 10.2. The van der Waals surface area contributed by atoms with Crippen molar-refractivity contribution in [2.24, 2.45) is 0 Å². The normalized spacial score (nSPS) is 17.2. The van der Waals surface area contributed by atoms with Crippen molar-refractivity contribution in [2.45, 2.75) is 18.4 Å². The molecule has 1 aromatic rings. The van der Waals surface area contributed by atoms with E-state index in [1.165, 1.54) is 6.33 Å². The Bertz CT molecular complexity index is 393. The number of nitrogens with zero attached hydrogens (tertiary/aromatic N) is 2. The Kier molecular flexibility index (Phi) is 2.58.